The fourth-order valence-electron chi connectivity index (χ4n) is 5.10. The summed E-state index contributed by atoms with van der Waals surface area (Å²) in [5, 5.41) is 3.45. The Morgan fingerprint density at radius 3 is 1.57 bits per heavy atom. The van der Waals surface area contributed by atoms with Crippen molar-refractivity contribution in [3.63, 3.8) is 0 Å². The van der Waals surface area contributed by atoms with Crippen LogP contribution in [0.3, 0.4) is 0 Å². The van der Waals surface area contributed by atoms with Gasteiger partial charge in [0.15, 0.2) is 5.82 Å². The van der Waals surface area contributed by atoms with Crippen molar-refractivity contribution in [2.24, 2.45) is 0 Å². The average molecular weight is 542 g/mol. The molecule has 2 aromatic heterocycles. The summed E-state index contributed by atoms with van der Waals surface area (Å²) in [4.78, 5) is 55.1. The maximum Gasteiger partial charge on any atom is 0.254 e. The molecule has 1 N–H and O–H groups in total. The Hall–Kier alpha value is -4.47. The molecule has 0 radical (unpaired) electrons. The lowest BCUT2D eigenvalue weighted by Crippen LogP contribution is -2.50. The number of carbonyl (C=O) groups excluding carboxylic acids is 3. The van der Waals surface area contributed by atoms with Crippen LogP contribution in [-0.4, -0.2) is 101 Å². The molecule has 3 aromatic rings. The highest BCUT2D eigenvalue weighted by atomic mass is 16.2. The van der Waals surface area contributed by atoms with Crippen molar-refractivity contribution in [1.29, 1.82) is 0 Å². The summed E-state index contributed by atoms with van der Waals surface area (Å²) in [6, 6.07) is 14.6. The third-order valence-corrected chi connectivity index (χ3v) is 7.26. The molecule has 2 aliphatic heterocycles. The number of pyridine rings is 2. The molecule has 2 fully saturated rings. The molecule has 10 nitrogen and oxygen atoms in total. The molecule has 208 valence electrons. The molecule has 4 heterocycles. The molecule has 2 saturated heterocycles. The van der Waals surface area contributed by atoms with Crippen LogP contribution in [0.4, 0.5) is 11.5 Å². The molecule has 40 heavy (non-hydrogen) atoms. The van der Waals surface area contributed by atoms with Crippen LogP contribution < -0.4 is 10.2 Å². The maximum absolute atomic E-state index is 13.2. The second kappa shape index (κ2) is 12.1. The minimum Gasteiger partial charge on any atom is -0.380 e. The summed E-state index contributed by atoms with van der Waals surface area (Å²) in [5.74, 6) is 0.729. The Bertz CT molecular complexity index is 1330. The smallest absolute Gasteiger partial charge is 0.254 e. The van der Waals surface area contributed by atoms with E-state index >= 15 is 0 Å². The van der Waals surface area contributed by atoms with Crippen LogP contribution in [0.1, 0.15) is 44.9 Å². The number of carbonyl (C=O) groups is 3. The van der Waals surface area contributed by atoms with Crippen molar-refractivity contribution in [2.45, 2.75) is 19.9 Å². The first kappa shape index (κ1) is 27.1. The van der Waals surface area contributed by atoms with E-state index in [1.54, 1.807) is 64.8 Å². The summed E-state index contributed by atoms with van der Waals surface area (Å²) >= 11 is 0. The van der Waals surface area contributed by atoms with Crippen molar-refractivity contribution in [3.05, 3.63) is 83.8 Å². The molecule has 3 amide bonds. The van der Waals surface area contributed by atoms with Crippen LogP contribution in [0.25, 0.3) is 0 Å². The van der Waals surface area contributed by atoms with E-state index in [0.717, 1.165) is 11.5 Å². The van der Waals surface area contributed by atoms with Gasteiger partial charge in [0, 0.05) is 93.7 Å². The van der Waals surface area contributed by atoms with Crippen molar-refractivity contribution in [3.8, 4) is 0 Å². The van der Waals surface area contributed by atoms with Gasteiger partial charge in [0.25, 0.3) is 17.7 Å². The Morgan fingerprint density at radius 2 is 1.10 bits per heavy atom. The minimum absolute atomic E-state index is 0.0385. The third kappa shape index (κ3) is 6.06. The number of piperazine rings is 2. The number of rotatable bonds is 6. The van der Waals surface area contributed by atoms with Crippen molar-refractivity contribution >= 4 is 29.2 Å². The largest absolute Gasteiger partial charge is 0.380 e. The molecule has 1 aromatic carbocycles. The number of aromatic nitrogens is 2. The molecular formula is C30H35N7O3. The molecular weight excluding hydrogens is 506 g/mol. The van der Waals surface area contributed by atoms with E-state index in [9.17, 15) is 14.4 Å². The number of nitrogens with one attached hydrogen (secondary N) is 1. The number of anilines is 2. The van der Waals surface area contributed by atoms with E-state index in [0.29, 0.717) is 75.1 Å². The van der Waals surface area contributed by atoms with Gasteiger partial charge in [-0.1, -0.05) is 0 Å². The van der Waals surface area contributed by atoms with E-state index < -0.39 is 0 Å². The first-order valence-electron chi connectivity index (χ1n) is 13.7. The Balaban J connectivity index is 1.14. The SMILES string of the molecule is CC(C)Nc1cccnc1N1CCN(C(=O)c2ccc(C(=O)N3CCN(C(=O)c4ccncc4)CC3)cc2)CC1. The number of amides is 3. The van der Waals surface area contributed by atoms with Gasteiger partial charge in [0.05, 0.1) is 5.69 Å². The van der Waals surface area contributed by atoms with Gasteiger partial charge in [0.1, 0.15) is 0 Å². The van der Waals surface area contributed by atoms with Crippen molar-refractivity contribution in [1.82, 2.24) is 24.7 Å². The lowest BCUT2D eigenvalue weighted by Gasteiger charge is -2.36. The zero-order chi connectivity index (χ0) is 28.1. The van der Waals surface area contributed by atoms with Crippen molar-refractivity contribution < 1.29 is 14.4 Å². The van der Waals surface area contributed by atoms with E-state index in [1.165, 1.54) is 0 Å². The normalized spacial score (nSPS) is 15.8. The third-order valence-electron chi connectivity index (χ3n) is 7.26. The van der Waals surface area contributed by atoms with Gasteiger partial charge in [-0.25, -0.2) is 4.98 Å². The van der Waals surface area contributed by atoms with E-state index in [-0.39, 0.29) is 17.7 Å². The Kier molecular flexibility index (Phi) is 8.23. The lowest BCUT2D eigenvalue weighted by molar-refractivity contribution is 0.0535. The number of benzene rings is 1. The van der Waals surface area contributed by atoms with Crippen molar-refractivity contribution in [2.75, 3.05) is 62.6 Å². The van der Waals surface area contributed by atoms with Crippen LogP contribution in [0.2, 0.25) is 0 Å². The fourth-order valence-corrected chi connectivity index (χ4v) is 5.10. The standard InChI is InChI=1S/C30H35N7O3/c1-22(2)33-26-4-3-11-32-27(26)34-14-16-35(17-15-34)28(38)23-5-7-24(8-6-23)29(39)36-18-20-37(21-19-36)30(40)25-9-12-31-13-10-25/h3-13,22,33H,14-21H2,1-2H3. The van der Waals surface area contributed by atoms with Gasteiger partial charge in [0.2, 0.25) is 0 Å². The summed E-state index contributed by atoms with van der Waals surface area (Å²) in [6.07, 6.45) is 5.00. The monoisotopic (exact) mass is 541 g/mol. The minimum atomic E-state index is -0.0928. The molecule has 0 saturated carbocycles. The Morgan fingerprint density at radius 1 is 0.650 bits per heavy atom. The summed E-state index contributed by atoms with van der Waals surface area (Å²) in [6.45, 7) is 8.66. The average Bonchev–Trinajstić information content (AvgIpc) is 3.01. The first-order chi connectivity index (χ1) is 19.4. The van der Waals surface area contributed by atoms with Crippen LogP contribution in [0.15, 0.2) is 67.1 Å². The lowest BCUT2D eigenvalue weighted by atomic mass is 10.1. The van der Waals surface area contributed by atoms with Gasteiger partial charge in [-0.3, -0.25) is 19.4 Å². The first-order valence-corrected chi connectivity index (χ1v) is 13.7. The molecule has 0 atom stereocenters. The van der Waals surface area contributed by atoms with Crippen LogP contribution in [0.5, 0.6) is 0 Å². The molecule has 0 bridgehead atoms. The predicted molar refractivity (Wildman–Crippen MR) is 154 cm³/mol. The maximum atomic E-state index is 13.2. The number of nitrogens with zero attached hydrogens (tertiary/aromatic N) is 6. The molecule has 0 aliphatic carbocycles. The van der Waals surface area contributed by atoms with Gasteiger partial charge < -0.3 is 24.9 Å². The second-order valence-corrected chi connectivity index (χ2v) is 10.4. The summed E-state index contributed by atoms with van der Waals surface area (Å²) in [5.41, 5.74) is 2.70. The molecule has 0 spiro atoms. The Labute approximate surface area is 234 Å². The zero-order valence-corrected chi connectivity index (χ0v) is 23.0. The molecule has 10 heteroatoms. The molecule has 5 rings (SSSR count). The summed E-state index contributed by atoms with van der Waals surface area (Å²) < 4.78 is 0. The van der Waals surface area contributed by atoms with Gasteiger partial charge in [-0.15, -0.1) is 0 Å². The quantitative estimate of drug-likeness (QED) is 0.512. The topological polar surface area (TPSA) is 102 Å². The van der Waals surface area contributed by atoms with E-state index in [2.05, 4.69) is 34.0 Å². The predicted octanol–water partition coefficient (Wildman–Crippen LogP) is 2.86. The summed E-state index contributed by atoms with van der Waals surface area (Å²) in [7, 11) is 0. The van der Waals surface area contributed by atoms with Gasteiger partial charge in [-0.05, 0) is 62.4 Å². The molecule has 0 unspecified atom stereocenters. The van der Waals surface area contributed by atoms with Gasteiger partial charge in [-0.2, -0.15) is 0 Å². The highest BCUT2D eigenvalue weighted by Crippen LogP contribution is 2.25. The van der Waals surface area contributed by atoms with E-state index in [1.807, 2.05) is 17.0 Å². The van der Waals surface area contributed by atoms with Crippen LogP contribution in [-0.2, 0) is 0 Å². The number of hydrogen-bond acceptors (Lipinski definition) is 7. The number of hydrogen-bond donors (Lipinski definition) is 1. The fraction of sp³-hybridized carbons (Fsp3) is 0.367. The van der Waals surface area contributed by atoms with E-state index in [4.69, 9.17) is 0 Å². The zero-order valence-electron chi connectivity index (χ0n) is 23.0. The molecule has 2 aliphatic rings. The van der Waals surface area contributed by atoms with Crippen LogP contribution >= 0.6 is 0 Å². The highest BCUT2D eigenvalue weighted by Gasteiger charge is 2.27. The van der Waals surface area contributed by atoms with Gasteiger partial charge >= 0.3 is 0 Å². The highest BCUT2D eigenvalue weighted by molar-refractivity contribution is 5.98. The second-order valence-electron chi connectivity index (χ2n) is 10.4. The van der Waals surface area contributed by atoms with Crippen LogP contribution in [0, 0.1) is 0 Å².